The number of hydrogen-bond acceptors (Lipinski definition) is 2. The average molecular weight is 262 g/mol. The highest BCUT2D eigenvalue weighted by Crippen LogP contribution is 2.23. The molecule has 1 aromatic carbocycles. The molecule has 0 saturated heterocycles. The van der Waals surface area contributed by atoms with Crippen molar-refractivity contribution in [1.29, 1.82) is 0 Å². The fraction of sp³-hybridized carbons (Fsp3) is 0.0769. The molecule has 90 valence electrons. The van der Waals surface area contributed by atoms with Crippen LogP contribution >= 0.6 is 11.6 Å². The van der Waals surface area contributed by atoms with Crippen LogP contribution in [0.3, 0.4) is 0 Å². The zero-order valence-electron chi connectivity index (χ0n) is 9.54. The van der Waals surface area contributed by atoms with Gasteiger partial charge in [0.25, 0.3) is 0 Å². The number of aromatic nitrogens is 3. The molecule has 2 heterocycles. The van der Waals surface area contributed by atoms with Gasteiger partial charge in [-0.25, -0.2) is 14.4 Å². The van der Waals surface area contributed by atoms with E-state index in [1.807, 2.05) is 6.92 Å². The Labute approximate surface area is 108 Å². The molecular formula is C13H9ClFN3. The van der Waals surface area contributed by atoms with Crippen LogP contribution in [0.25, 0.3) is 22.4 Å². The average Bonchev–Trinajstić information content (AvgIpc) is 2.70. The maximum Gasteiger partial charge on any atom is 0.161 e. The number of hydrogen-bond donors (Lipinski definition) is 1. The number of fused-ring (bicyclic) bond motifs is 1. The van der Waals surface area contributed by atoms with Gasteiger partial charge in [-0.3, -0.25) is 0 Å². The molecule has 0 radical (unpaired) electrons. The first-order valence-electron chi connectivity index (χ1n) is 5.42. The van der Waals surface area contributed by atoms with E-state index in [1.165, 1.54) is 12.1 Å². The number of nitrogens with one attached hydrogen (secondary N) is 1. The third-order valence-corrected chi connectivity index (χ3v) is 2.93. The quantitative estimate of drug-likeness (QED) is 0.725. The third-order valence-electron chi connectivity index (χ3n) is 2.73. The second-order valence-electron chi connectivity index (χ2n) is 4.02. The summed E-state index contributed by atoms with van der Waals surface area (Å²) in [5.41, 5.74) is 2.11. The van der Waals surface area contributed by atoms with Gasteiger partial charge < -0.3 is 4.98 Å². The van der Waals surface area contributed by atoms with Crippen LogP contribution in [-0.2, 0) is 0 Å². The molecular weight excluding hydrogens is 253 g/mol. The third kappa shape index (κ3) is 1.84. The van der Waals surface area contributed by atoms with Crippen molar-refractivity contribution >= 4 is 22.6 Å². The number of rotatable bonds is 1. The van der Waals surface area contributed by atoms with Crippen LogP contribution in [0.4, 0.5) is 4.39 Å². The van der Waals surface area contributed by atoms with E-state index in [-0.39, 0.29) is 5.82 Å². The zero-order valence-corrected chi connectivity index (χ0v) is 10.3. The highest BCUT2D eigenvalue weighted by atomic mass is 35.5. The van der Waals surface area contributed by atoms with E-state index in [4.69, 9.17) is 11.6 Å². The van der Waals surface area contributed by atoms with Gasteiger partial charge in [0.05, 0.1) is 5.69 Å². The lowest BCUT2D eigenvalue weighted by Crippen LogP contribution is -1.93. The van der Waals surface area contributed by atoms with Crippen LogP contribution in [0, 0.1) is 12.7 Å². The summed E-state index contributed by atoms with van der Waals surface area (Å²) in [6, 6.07) is 7.98. The topological polar surface area (TPSA) is 41.6 Å². The highest BCUT2D eigenvalue weighted by Gasteiger charge is 2.09. The normalized spacial score (nSPS) is 11.1. The molecule has 0 bridgehead atoms. The predicted molar refractivity (Wildman–Crippen MR) is 69.0 cm³/mol. The van der Waals surface area contributed by atoms with Crippen LogP contribution < -0.4 is 0 Å². The Kier molecular flexibility index (Phi) is 2.52. The first kappa shape index (κ1) is 11.2. The van der Waals surface area contributed by atoms with Gasteiger partial charge in [0.2, 0.25) is 0 Å². The summed E-state index contributed by atoms with van der Waals surface area (Å²) in [4.78, 5) is 11.7. The minimum Gasteiger partial charge on any atom is -0.330 e. The maximum absolute atomic E-state index is 13.2. The van der Waals surface area contributed by atoms with Crippen LogP contribution in [0.5, 0.6) is 0 Å². The molecule has 3 aromatic rings. The number of halogens is 2. The highest BCUT2D eigenvalue weighted by molar-refractivity contribution is 6.30. The molecule has 18 heavy (non-hydrogen) atoms. The maximum atomic E-state index is 13.2. The minimum absolute atomic E-state index is 0.307. The molecule has 2 aromatic heterocycles. The zero-order chi connectivity index (χ0) is 12.7. The second-order valence-corrected chi connectivity index (χ2v) is 4.43. The minimum atomic E-state index is -0.307. The number of benzene rings is 1. The molecule has 3 rings (SSSR count). The summed E-state index contributed by atoms with van der Waals surface area (Å²) in [6.07, 6.45) is 0. The summed E-state index contributed by atoms with van der Waals surface area (Å²) < 4.78 is 13.2. The van der Waals surface area contributed by atoms with E-state index >= 15 is 0 Å². The van der Waals surface area contributed by atoms with Crippen LogP contribution in [0.15, 0.2) is 30.3 Å². The van der Waals surface area contributed by atoms with Gasteiger partial charge in [-0.05, 0) is 25.1 Å². The van der Waals surface area contributed by atoms with Crippen molar-refractivity contribution in [1.82, 2.24) is 15.0 Å². The van der Waals surface area contributed by atoms with Crippen molar-refractivity contribution < 1.29 is 4.39 Å². The van der Waals surface area contributed by atoms with Gasteiger partial charge in [-0.2, -0.15) is 0 Å². The fourth-order valence-corrected chi connectivity index (χ4v) is 2.08. The molecule has 0 aliphatic carbocycles. The molecule has 0 aliphatic rings. The van der Waals surface area contributed by atoms with Crippen molar-refractivity contribution in [2.24, 2.45) is 0 Å². The van der Waals surface area contributed by atoms with Crippen molar-refractivity contribution in [2.75, 3.05) is 0 Å². The Morgan fingerprint density at radius 2 is 2.06 bits per heavy atom. The Balaban J connectivity index is 2.24. The summed E-state index contributed by atoms with van der Waals surface area (Å²) in [6.45, 7) is 1.87. The number of nitrogens with zero attached hydrogens (tertiary/aromatic N) is 2. The number of H-pyrrole nitrogens is 1. The van der Waals surface area contributed by atoms with Gasteiger partial charge in [0, 0.05) is 10.9 Å². The van der Waals surface area contributed by atoms with Crippen molar-refractivity contribution in [2.45, 2.75) is 6.92 Å². The lowest BCUT2D eigenvalue weighted by Gasteiger charge is -2.02. The Bertz CT molecular complexity index is 736. The van der Waals surface area contributed by atoms with E-state index in [1.54, 1.807) is 18.2 Å². The molecule has 0 atom stereocenters. The molecule has 0 aliphatic heterocycles. The summed E-state index contributed by atoms with van der Waals surface area (Å²) in [5, 5.41) is 1.39. The lowest BCUT2D eigenvalue weighted by molar-refractivity contribution is 0.628. The van der Waals surface area contributed by atoms with Gasteiger partial charge in [0.15, 0.2) is 5.82 Å². The number of aromatic amines is 1. The van der Waals surface area contributed by atoms with Gasteiger partial charge >= 0.3 is 0 Å². The molecule has 5 heteroatoms. The smallest absolute Gasteiger partial charge is 0.161 e. The largest absolute Gasteiger partial charge is 0.330 e. The van der Waals surface area contributed by atoms with Crippen molar-refractivity contribution in [3.8, 4) is 11.4 Å². The Hall–Kier alpha value is -1.94. The molecule has 1 N–H and O–H groups in total. The van der Waals surface area contributed by atoms with Gasteiger partial charge in [-0.15, -0.1) is 0 Å². The molecule has 0 spiro atoms. The van der Waals surface area contributed by atoms with Crippen LogP contribution in [0.2, 0.25) is 5.15 Å². The Morgan fingerprint density at radius 1 is 1.22 bits per heavy atom. The van der Waals surface area contributed by atoms with E-state index in [9.17, 15) is 4.39 Å². The summed E-state index contributed by atoms with van der Waals surface area (Å²) in [5.74, 6) is 0.177. The summed E-state index contributed by atoms with van der Waals surface area (Å²) in [7, 11) is 0. The first-order chi connectivity index (χ1) is 8.63. The van der Waals surface area contributed by atoms with Crippen molar-refractivity contribution in [3.05, 3.63) is 47.0 Å². The van der Waals surface area contributed by atoms with Gasteiger partial charge in [-0.1, -0.05) is 23.7 Å². The van der Waals surface area contributed by atoms with Crippen LogP contribution in [0.1, 0.15) is 5.69 Å². The standard InChI is InChI=1S/C13H9ClFN3/c1-7-10-6-11(14)17-13(10)18-12(16-7)8-3-2-4-9(15)5-8/h2-6H,1H3,(H,16,17,18). The number of aryl methyl sites for hydroxylation is 1. The van der Waals surface area contributed by atoms with E-state index in [2.05, 4.69) is 15.0 Å². The Morgan fingerprint density at radius 3 is 2.83 bits per heavy atom. The lowest BCUT2D eigenvalue weighted by atomic mass is 10.2. The first-order valence-corrected chi connectivity index (χ1v) is 5.80. The van der Waals surface area contributed by atoms with Gasteiger partial charge in [0.1, 0.15) is 16.6 Å². The molecule has 0 saturated carbocycles. The summed E-state index contributed by atoms with van der Waals surface area (Å²) >= 11 is 5.90. The van der Waals surface area contributed by atoms with Crippen LogP contribution in [-0.4, -0.2) is 15.0 Å². The van der Waals surface area contributed by atoms with Crippen molar-refractivity contribution in [3.63, 3.8) is 0 Å². The fourth-order valence-electron chi connectivity index (χ4n) is 1.88. The predicted octanol–water partition coefficient (Wildman–Crippen LogP) is 3.73. The van der Waals surface area contributed by atoms with E-state index in [0.717, 1.165) is 11.1 Å². The van der Waals surface area contributed by atoms with E-state index < -0.39 is 0 Å². The molecule has 0 fully saturated rings. The SMILES string of the molecule is Cc1nc(-c2cccc(F)c2)nc2[nH]c(Cl)cc12. The second kappa shape index (κ2) is 4.07. The monoisotopic (exact) mass is 261 g/mol. The van der Waals surface area contributed by atoms with E-state index in [0.29, 0.717) is 22.2 Å². The molecule has 3 nitrogen and oxygen atoms in total. The molecule has 0 amide bonds. The molecule has 0 unspecified atom stereocenters.